The number of hydrogen-bond donors (Lipinski definition) is 1. The van der Waals surface area contributed by atoms with Gasteiger partial charge in [0.2, 0.25) is 5.91 Å². The van der Waals surface area contributed by atoms with E-state index < -0.39 is 0 Å². The minimum atomic E-state index is -0.0794. The van der Waals surface area contributed by atoms with E-state index in [1.807, 2.05) is 72.8 Å². The van der Waals surface area contributed by atoms with Gasteiger partial charge < -0.3 is 5.32 Å². The maximum absolute atomic E-state index is 12.4. The van der Waals surface area contributed by atoms with E-state index in [9.17, 15) is 4.79 Å². The molecule has 0 saturated carbocycles. The van der Waals surface area contributed by atoms with Gasteiger partial charge in [0, 0.05) is 14.8 Å². The Morgan fingerprint density at radius 2 is 1.54 bits per heavy atom. The summed E-state index contributed by atoms with van der Waals surface area (Å²) < 4.78 is 0. The Morgan fingerprint density at radius 3 is 2.33 bits per heavy atom. The molecule has 3 aromatic rings. The maximum Gasteiger partial charge on any atom is 0.228 e. The second-order valence-electron chi connectivity index (χ2n) is 5.23. The van der Waals surface area contributed by atoms with Crippen LogP contribution in [0, 0.1) is 0 Å². The summed E-state index contributed by atoms with van der Waals surface area (Å²) in [7, 11) is 0. The van der Waals surface area contributed by atoms with Crippen LogP contribution in [0.2, 0.25) is 5.02 Å². The molecule has 0 aliphatic heterocycles. The zero-order valence-corrected chi connectivity index (χ0v) is 14.5. The lowest BCUT2D eigenvalue weighted by atomic mass is 10.1. The third kappa shape index (κ3) is 4.40. The number of benzene rings is 3. The van der Waals surface area contributed by atoms with E-state index in [2.05, 4.69) is 5.32 Å². The number of carbonyl (C=O) groups is 1. The largest absolute Gasteiger partial charge is 0.325 e. The summed E-state index contributed by atoms with van der Waals surface area (Å²) in [5.74, 6) is -0.0794. The van der Waals surface area contributed by atoms with Gasteiger partial charge in [-0.1, -0.05) is 71.9 Å². The Labute approximate surface area is 150 Å². The summed E-state index contributed by atoms with van der Waals surface area (Å²) >= 11 is 7.75. The highest BCUT2D eigenvalue weighted by atomic mass is 35.5. The molecule has 3 rings (SSSR count). The molecular formula is C20H16ClNOS. The predicted molar refractivity (Wildman–Crippen MR) is 101 cm³/mol. The van der Waals surface area contributed by atoms with Crippen molar-refractivity contribution in [2.75, 3.05) is 5.32 Å². The highest BCUT2D eigenvalue weighted by Crippen LogP contribution is 2.33. The van der Waals surface area contributed by atoms with Crippen LogP contribution in [0.25, 0.3) is 0 Å². The fraction of sp³-hybridized carbons (Fsp3) is 0.0500. The third-order valence-corrected chi connectivity index (χ3v) is 4.89. The molecule has 24 heavy (non-hydrogen) atoms. The Bertz CT molecular complexity index is 836. The smallest absolute Gasteiger partial charge is 0.228 e. The summed E-state index contributed by atoms with van der Waals surface area (Å²) in [4.78, 5) is 14.5. The zero-order chi connectivity index (χ0) is 16.8. The monoisotopic (exact) mass is 353 g/mol. The molecule has 0 aromatic heterocycles. The molecule has 0 aliphatic rings. The zero-order valence-electron chi connectivity index (χ0n) is 12.9. The average Bonchev–Trinajstić information content (AvgIpc) is 2.60. The molecular weight excluding hydrogens is 338 g/mol. The number of hydrogen-bond acceptors (Lipinski definition) is 2. The lowest BCUT2D eigenvalue weighted by Crippen LogP contribution is -2.15. The quantitative estimate of drug-likeness (QED) is 0.640. The van der Waals surface area contributed by atoms with E-state index in [0.29, 0.717) is 5.02 Å². The number of para-hydroxylation sites is 1. The van der Waals surface area contributed by atoms with Gasteiger partial charge in [-0.3, -0.25) is 4.79 Å². The Kier molecular flexibility index (Phi) is 5.57. The number of rotatable bonds is 5. The lowest BCUT2D eigenvalue weighted by Gasteiger charge is -2.11. The third-order valence-electron chi connectivity index (χ3n) is 3.44. The molecule has 4 heteroatoms. The van der Waals surface area contributed by atoms with Crippen LogP contribution in [0.5, 0.6) is 0 Å². The number of amides is 1. The van der Waals surface area contributed by atoms with Gasteiger partial charge in [-0.05, 0) is 35.9 Å². The van der Waals surface area contributed by atoms with Gasteiger partial charge in [0.05, 0.1) is 12.1 Å². The highest BCUT2D eigenvalue weighted by molar-refractivity contribution is 7.99. The van der Waals surface area contributed by atoms with Gasteiger partial charge in [-0.25, -0.2) is 0 Å². The van der Waals surface area contributed by atoms with Gasteiger partial charge in [0.1, 0.15) is 0 Å². The first-order chi connectivity index (χ1) is 11.7. The summed E-state index contributed by atoms with van der Waals surface area (Å²) in [5, 5.41) is 3.60. The SMILES string of the molecule is O=C(Cc1ccccc1Cl)Nc1ccccc1Sc1ccccc1. The van der Waals surface area contributed by atoms with E-state index in [4.69, 9.17) is 11.6 Å². The number of halogens is 1. The minimum absolute atomic E-state index is 0.0794. The number of nitrogens with one attached hydrogen (secondary N) is 1. The average molecular weight is 354 g/mol. The maximum atomic E-state index is 12.4. The van der Waals surface area contributed by atoms with Crippen LogP contribution in [0.15, 0.2) is 88.7 Å². The molecule has 0 bridgehead atoms. The molecule has 0 fully saturated rings. The first-order valence-corrected chi connectivity index (χ1v) is 8.77. The molecule has 120 valence electrons. The molecule has 0 spiro atoms. The van der Waals surface area contributed by atoms with E-state index in [0.717, 1.165) is 21.0 Å². The van der Waals surface area contributed by atoms with E-state index >= 15 is 0 Å². The van der Waals surface area contributed by atoms with Gasteiger partial charge in [0.25, 0.3) is 0 Å². The van der Waals surface area contributed by atoms with Crippen LogP contribution < -0.4 is 5.32 Å². The van der Waals surface area contributed by atoms with Gasteiger partial charge >= 0.3 is 0 Å². The molecule has 0 saturated heterocycles. The first kappa shape index (κ1) is 16.6. The van der Waals surface area contributed by atoms with Crippen molar-refractivity contribution >= 4 is 35.0 Å². The van der Waals surface area contributed by atoms with Crippen LogP contribution in [-0.4, -0.2) is 5.91 Å². The van der Waals surface area contributed by atoms with Crippen LogP contribution in [0.4, 0.5) is 5.69 Å². The van der Waals surface area contributed by atoms with Crippen molar-refractivity contribution in [1.82, 2.24) is 0 Å². The molecule has 0 heterocycles. The van der Waals surface area contributed by atoms with Crippen LogP contribution in [0.3, 0.4) is 0 Å². The summed E-state index contributed by atoms with van der Waals surface area (Å²) in [5.41, 5.74) is 1.63. The molecule has 3 aromatic carbocycles. The lowest BCUT2D eigenvalue weighted by molar-refractivity contribution is -0.115. The van der Waals surface area contributed by atoms with Gasteiger partial charge in [-0.15, -0.1) is 0 Å². The van der Waals surface area contributed by atoms with Crippen molar-refractivity contribution < 1.29 is 4.79 Å². The summed E-state index contributed by atoms with van der Waals surface area (Å²) in [6, 6.07) is 25.3. The minimum Gasteiger partial charge on any atom is -0.325 e. The fourth-order valence-corrected chi connectivity index (χ4v) is 3.41. The van der Waals surface area contributed by atoms with Gasteiger partial charge in [-0.2, -0.15) is 0 Å². The second-order valence-corrected chi connectivity index (χ2v) is 6.75. The second kappa shape index (κ2) is 8.04. The Balaban J connectivity index is 1.73. The summed E-state index contributed by atoms with van der Waals surface area (Å²) in [6.07, 6.45) is 0.254. The number of carbonyl (C=O) groups excluding carboxylic acids is 1. The summed E-state index contributed by atoms with van der Waals surface area (Å²) in [6.45, 7) is 0. The van der Waals surface area contributed by atoms with Crippen LogP contribution in [-0.2, 0) is 11.2 Å². The van der Waals surface area contributed by atoms with Crippen molar-refractivity contribution in [1.29, 1.82) is 0 Å². The normalized spacial score (nSPS) is 10.4. The Morgan fingerprint density at radius 1 is 0.875 bits per heavy atom. The predicted octanol–water partition coefficient (Wildman–Crippen LogP) is 5.67. The molecule has 1 N–H and O–H groups in total. The van der Waals surface area contributed by atoms with Crippen molar-refractivity contribution in [2.45, 2.75) is 16.2 Å². The molecule has 0 aliphatic carbocycles. The van der Waals surface area contributed by atoms with E-state index in [1.54, 1.807) is 17.8 Å². The van der Waals surface area contributed by atoms with Crippen molar-refractivity contribution in [3.63, 3.8) is 0 Å². The van der Waals surface area contributed by atoms with Crippen molar-refractivity contribution in [3.05, 3.63) is 89.4 Å². The molecule has 2 nitrogen and oxygen atoms in total. The van der Waals surface area contributed by atoms with Crippen LogP contribution >= 0.6 is 23.4 Å². The molecule has 0 unspecified atom stereocenters. The fourth-order valence-electron chi connectivity index (χ4n) is 2.28. The van der Waals surface area contributed by atoms with Gasteiger partial charge in [0.15, 0.2) is 0 Å². The standard InChI is InChI=1S/C20H16ClNOS/c21-17-11-5-4-8-15(17)14-20(23)22-18-12-6-7-13-19(18)24-16-9-2-1-3-10-16/h1-13H,14H2,(H,22,23). The van der Waals surface area contributed by atoms with E-state index in [1.165, 1.54) is 0 Å². The highest BCUT2D eigenvalue weighted by Gasteiger charge is 2.10. The topological polar surface area (TPSA) is 29.1 Å². The molecule has 0 atom stereocenters. The van der Waals surface area contributed by atoms with E-state index in [-0.39, 0.29) is 12.3 Å². The van der Waals surface area contributed by atoms with Crippen molar-refractivity contribution in [3.8, 4) is 0 Å². The first-order valence-electron chi connectivity index (χ1n) is 7.57. The van der Waals surface area contributed by atoms with Crippen LogP contribution in [0.1, 0.15) is 5.56 Å². The van der Waals surface area contributed by atoms with Crippen molar-refractivity contribution in [2.24, 2.45) is 0 Å². The molecule has 1 amide bonds. The Hall–Kier alpha value is -2.23. The number of anilines is 1. The molecule has 0 radical (unpaired) electrons.